The molecule has 0 spiro atoms. The first kappa shape index (κ1) is 16.9. The van der Waals surface area contributed by atoms with Gasteiger partial charge in [-0.15, -0.1) is 6.42 Å². The zero-order chi connectivity index (χ0) is 12.3. The van der Waals surface area contributed by atoms with Crippen molar-refractivity contribution in [2.24, 2.45) is 5.92 Å². The topological polar surface area (TPSA) is 18.5 Å². The molecule has 0 aromatic rings. The quantitative estimate of drug-likeness (QED) is 0.655. The van der Waals surface area contributed by atoms with Crippen molar-refractivity contribution in [2.45, 2.75) is 53.8 Å². The molecule has 90 valence electrons. The number of hydrogen-bond donors (Lipinski definition) is 0. The average Bonchev–Trinajstić information content (AvgIpc) is 2.16. The van der Waals surface area contributed by atoms with Crippen LogP contribution in [0.2, 0.25) is 0 Å². The molecule has 0 aliphatic heterocycles. The number of hydrogen-bond acceptors (Lipinski definition) is 2. The van der Waals surface area contributed by atoms with Gasteiger partial charge in [0.2, 0.25) is 0 Å². The third-order valence-corrected chi connectivity index (χ3v) is 1.87. The molecule has 0 saturated heterocycles. The van der Waals surface area contributed by atoms with E-state index in [-0.39, 0.29) is 6.10 Å². The predicted molar refractivity (Wildman–Crippen MR) is 65.8 cm³/mol. The summed E-state index contributed by atoms with van der Waals surface area (Å²) in [5, 5.41) is 0. The van der Waals surface area contributed by atoms with Crippen molar-refractivity contribution in [3.8, 4) is 12.3 Å². The van der Waals surface area contributed by atoms with Crippen molar-refractivity contribution in [3.05, 3.63) is 0 Å². The fraction of sp³-hybridized carbons (Fsp3) is 0.846. The van der Waals surface area contributed by atoms with Crippen LogP contribution in [0.25, 0.3) is 0 Å². The van der Waals surface area contributed by atoms with E-state index in [1.807, 2.05) is 20.8 Å². The van der Waals surface area contributed by atoms with Gasteiger partial charge in [0, 0.05) is 6.61 Å². The molecule has 0 N–H and O–H groups in total. The lowest BCUT2D eigenvalue weighted by Crippen LogP contribution is -2.14. The van der Waals surface area contributed by atoms with Crippen LogP contribution in [0.15, 0.2) is 0 Å². The van der Waals surface area contributed by atoms with Crippen molar-refractivity contribution in [3.63, 3.8) is 0 Å². The lowest BCUT2D eigenvalue weighted by atomic mass is 10.1. The molecule has 0 fully saturated rings. The van der Waals surface area contributed by atoms with E-state index in [2.05, 4.69) is 26.7 Å². The van der Waals surface area contributed by atoms with E-state index in [1.54, 1.807) is 0 Å². The van der Waals surface area contributed by atoms with Crippen molar-refractivity contribution in [1.29, 1.82) is 0 Å². The lowest BCUT2D eigenvalue weighted by molar-refractivity contribution is 0.0443. The Balaban J connectivity index is 0. The van der Waals surface area contributed by atoms with Gasteiger partial charge >= 0.3 is 0 Å². The Bertz CT molecular complexity index is 156. The van der Waals surface area contributed by atoms with Gasteiger partial charge in [-0.2, -0.15) is 0 Å². The minimum Gasteiger partial charge on any atom is -0.379 e. The van der Waals surface area contributed by atoms with Crippen molar-refractivity contribution in [1.82, 2.24) is 0 Å². The van der Waals surface area contributed by atoms with Crippen LogP contribution >= 0.6 is 0 Å². The molecule has 0 bridgehead atoms. The van der Waals surface area contributed by atoms with Gasteiger partial charge in [0.05, 0.1) is 12.2 Å². The molecule has 0 saturated carbocycles. The molecule has 0 aromatic heterocycles. The minimum atomic E-state index is 0.260. The van der Waals surface area contributed by atoms with E-state index in [4.69, 9.17) is 15.9 Å². The summed E-state index contributed by atoms with van der Waals surface area (Å²) in [5.74, 6) is 3.02. The van der Waals surface area contributed by atoms with Crippen LogP contribution < -0.4 is 0 Å². The Morgan fingerprint density at radius 3 is 1.73 bits per heavy atom. The van der Waals surface area contributed by atoms with Crippen LogP contribution in [-0.2, 0) is 9.47 Å². The van der Waals surface area contributed by atoms with Crippen molar-refractivity contribution in [2.75, 3.05) is 13.2 Å². The highest BCUT2D eigenvalue weighted by atomic mass is 16.5. The summed E-state index contributed by atoms with van der Waals surface area (Å²) in [6.07, 6.45) is 5.58. The molecule has 0 aliphatic rings. The summed E-state index contributed by atoms with van der Waals surface area (Å²) >= 11 is 0. The van der Waals surface area contributed by atoms with E-state index in [9.17, 15) is 0 Å². The van der Waals surface area contributed by atoms with Gasteiger partial charge in [-0.3, -0.25) is 0 Å². The zero-order valence-corrected chi connectivity index (χ0v) is 11.0. The molecule has 0 rings (SSSR count). The van der Waals surface area contributed by atoms with E-state index in [1.165, 1.54) is 0 Å². The minimum absolute atomic E-state index is 0.260. The smallest absolute Gasteiger partial charge is 0.107 e. The molecule has 0 amide bonds. The molecule has 0 aromatic carbocycles. The van der Waals surface area contributed by atoms with Gasteiger partial charge in [-0.25, -0.2) is 0 Å². The Labute approximate surface area is 95.4 Å². The van der Waals surface area contributed by atoms with Gasteiger partial charge in [-0.05, 0) is 33.6 Å². The maximum Gasteiger partial charge on any atom is 0.107 e. The molecule has 15 heavy (non-hydrogen) atoms. The van der Waals surface area contributed by atoms with Crippen LogP contribution in [0.5, 0.6) is 0 Å². The number of ether oxygens (including phenoxy) is 2. The molecule has 2 nitrogen and oxygen atoms in total. The Morgan fingerprint density at radius 1 is 1.07 bits per heavy atom. The monoisotopic (exact) mass is 214 g/mol. The Hall–Kier alpha value is -0.520. The Morgan fingerprint density at radius 2 is 1.60 bits per heavy atom. The van der Waals surface area contributed by atoms with E-state index in [0.29, 0.717) is 18.6 Å². The molecule has 0 aliphatic carbocycles. The SMILES string of the molecule is C#CCOC(C)C.CCOC(C)C(C)C. The van der Waals surface area contributed by atoms with E-state index in [0.717, 1.165) is 6.61 Å². The first-order valence-electron chi connectivity index (χ1n) is 5.62. The summed E-state index contributed by atoms with van der Waals surface area (Å²) in [6, 6.07) is 0. The van der Waals surface area contributed by atoms with Gasteiger partial charge in [0.25, 0.3) is 0 Å². The molecule has 2 heteroatoms. The highest BCUT2D eigenvalue weighted by Gasteiger charge is 2.03. The second-order valence-electron chi connectivity index (χ2n) is 3.97. The molecule has 0 radical (unpaired) electrons. The molecular weight excluding hydrogens is 188 g/mol. The molecule has 1 atom stereocenters. The largest absolute Gasteiger partial charge is 0.379 e. The second kappa shape index (κ2) is 11.6. The van der Waals surface area contributed by atoms with E-state index < -0.39 is 0 Å². The highest BCUT2D eigenvalue weighted by Crippen LogP contribution is 2.03. The fourth-order valence-corrected chi connectivity index (χ4v) is 0.670. The summed E-state index contributed by atoms with van der Waals surface area (Å²) in [4.78, 5) is 0. The third kappa shape index (κ3) is 16.2. The van der Waals surface area contributed by atoms with Gasteiger partial charge in [0.1, 0.15) is 6.61 Å². The summed E-state index contributed by atoms with van der Waals surface area (Å²) < 4.78 is 10.3. The van der Waals surface area contributed by atoms with Crippen LogP contribution in [0.3, 0.4) is 0 Å². The normalized spacial score (nSPS) is 11.9. The first-order chi connectivity index (χ1) is 6.95. The van der Waals surface area contributed by atoms with Crippen molar-refractivity contribution >= 4 is 0 Å². The van der Waals surface area contributed by atoms with Crippen LogP contribution in [0.4, 0.5) is 0 Å². The zero-order valence-electron chi connectivity index (χ0n) is 11.0. The molecule has 0 heterocycles. The summed E-state index contributed by atoms with van der Waals surface area (Å²) in [5.41, 5.74) is 0. The van der Waals surface area contributed by atoms with Gasteiger partial charge < -0.3 is 9.47 Å². The van der Waals surface area contributed by atoms with Crippen LogP contribution in [0, 0.1) is 18.3 Å². The van der Waals surface area contributed by atoms with E-state index >= 15 is 0 Å². The molecular formula is C13H26O2. The third-order valence-electron chi connectivity index (χ3n) is 1.87. The summed E-state index contributed by atoms with van der Waals surface area (Å²) in [7, 11) is 0. The standard InChI is InChI=1S/C7H16O.C6H10O/c1-5-8-7(4)6(2)3;1-4-5-7-6(2)3/h6-7H,5H2,1-4H3;1,6H,5H2,2-3H3. The number of rotatable bonds is 5. The van der Waals surface area contributed by atoms with Crippen LogP contribution in [0.1, 0.15) is 41.5 Å². The van der Waals surface area contributed by atoms with Gasteiger partial charge in [-0.1, -0.05) is 19.8 Å². The second-order valence-corrected chi connectivity index (χ2v) is 3.97. The number of terminal acetylenes is 1. The molecule has 1 unspecified atom stereocenters. The summed E-state index contributed by atoms with van der Waals surface area (Å²) in [6.45, 7) is 13.6. The highest BCUT2D eigenvalue weighted by molar-refractivity contribution is 4.82. The van der Waals surface area contributed by atoms with Gasteiger partial charge in [0.15, 0.2) is 0 Å². The fourth-order valence-electron chi connectivity index (χ4n) is 0.670. The average molecular weight is 214 g/mol. The maximum absolute atomic E-state index is 5.30. The van der Waals surface area contributed by atoms with Crippen molar-refractivity contribution < 1.29 is 9.47 Å². The first-order valence-corrected chi connectivity index (χ1v) is 5.62. The maximum atomic E-state index is 5.30. The lowest BCUT2D eigenvalue weighted by Gasteiger charge is -2.14. The predicted octanol–water partition coefficient (Wildman–Crippen LogP) is 3.11. The van der Waals surface area contributed by atoms with Crippen LogP contribution in [-0.4, -0.2) is 25.4 Å². The Kier molecular flexibility index (Phi) is 13.0.